The number of hydrogen-bond donors (Lipinski definition) is 1. The van der Waals surface area contributed by atoms with E-state index < -0.39 is 9.05 Å². The maximum absolute atomic E-state index is 10.8. The zero-order valence-corrected chi connectivity index (χ0v) is 7.97. The SMILES string of the molecule is O=CNc1ccc(S(=O)(=O)Cl)cc1. The predicted octanol–water partition coefficient (Wildman–Crippen LogP) is 1.18. The van der Waals surface area contributed by atoms with Crippen LogP contribution >= 0.6 is 10.7 Å². The summed E-state index contributed by atoms with van der Waals surface area (Å²) in [6.07, 6.45) is 0.504. The molecule has 0 saturated carbocycles. The number of anilines is 1. The summed E-state index contributed by atoms with van der Waals surface area (Å²) < 4.78 is 21.6. The van der Waals surface area contributed by atoms with E-state index in [0.29, 0.717) is 12.1 Å². The summed E-state index contributed by atoms with van der Waals surface area (Å²) in [5.74, 6) is 0. The van der Waals surface area contributed by atoms with Crippen molar-refractivity contribution in [2.75, 3.05) is 5.32 Å². The van der Waals surface area contributed by atoms with Gasteiger partial charge in [-0.1, -0.05) is 0 Å². The van der Waals surface area contributed by atoms with Crippen LogP contribution in [0.4, 0.5) is 5.69 Å². The van der Waals surface area contributed by atoms with E-state index in [1.165, 1.54) is 24.3 Å². The van der Waals surface area contributed by atoms with Gasteiger partial charge in [0.25, 0.3) is 9.05 Å². The van der Waals surface area contributed by atoms with Crippen LogP contribution in [-0.4, -0.2) is 14.8 Å². The zero-order valence-electron chi connectivity index (χ0n) is 6.40. The molecule has 70 valence electrons. The highest BCUT2D eigenvalue weighted by atomic mass is 35.7. The fourth-order valence-electron chi connectivity index (χ4n) is 0.782. The minimum atomic E-state index is -3.68. The molecule has 6 heteroatoms. The molecular weight excluding hydrogens is 214 g/mol. The van der Waals surface area contributed by atoms with Crippen LogP contribution in [0.2, 0.25) is 0 Å². The van der Waals surface area contributed by atoms with Crippen LogP contribution in [0.3, 0.4) is 0 Å². The molecule has 13 heavy (non-hydrogen) atoms. The summed E-state index contributed by atoms with van der Waals surface area (Å²) in [6.45, 7) is 0. The summed E-state index contributed by atoms with van der Waals surface area (Å²) in [7, 11) is 1.39. The molecule has 0 saturated heterocycles. The Morgan fingerprint density at radius 1 is 1.23 bits per heavy atom. The number of benzene rings is 1. The monoisotopic (exact) mass is 219 g/mol. The predicted molar refractivity (Wildman–Crippen MR) is 49.2 cm³/mol. The summed E-state index contributed by atoms with van der Waals surface area (Å²) in [6, 6.07) is 5.52. The number of amides is 1. The van der Waals surface area contributed by atoms with Gasteiger partial charge >= 0.3 is 0 Å². The van der Waals surface area contributed by atoms with Crippen molar-refractivity contribution in [1.29, 1.82) is 0 Å². The standard InChI is InChI=1S/C7H6ClNO3S/c8-13(11,12)7-3-1-6(2-4-7)9-5-10/h1-5H,(H,9,10). The van der Waals surface area contributed by atoms with Gasteiger partial charge in [-0.3, -0.25) is 4.79 Å². The van der Waals surface area contributed by atoms with Crippen molar-refractivity contribution in [2.24, 2.45) is 0 Å². The molecule has 4 nitrogen and oxygen atoms in total. The molecule has 0 aliphatic heterocycles. The van der Waals surface area contributed by atoms with Gasteiger partial charge in [-0.2, -0.15) is 0 Å². The Morgan fingerprint density at radius 2 is 1.77 bits per heavy atom. The first-order valence-electron chi connectivity index (χ1n) is 3.29. The minimum absolute atomic E-state index is 0.00520. The summed E-state index contributed by atoms with van der Waals surface area (Å²) >= 11 is 0. The molecule has 1 amide bonds. The van der Waals surface area contributed by atoms with Gasteiger partial charge < -0.3 is 5.32 Å². The molecule has 0 unspecified atom stereocenters. The number of carbonyl (C=O) groups excluding carboxylic acids is 1. The van der Waals surface area contributed by atoms with Crippen LogP contribution in [0.5, 0.6) is 0 Å². The van der Waals surface area contributed by atoms with Crippen molar-refractivity contribution >= 4 is 31.8 Å². The number of halogens is 1. The van der Waals surface area contributed by atoms with Gasteiger partial charge in [-0.15, -0.1) is 0 Å². The van der Waals surface area contributed by atoms with Crippen molar-refractivity contribution in [3.8, 4) is 0 Å². The normalized spacial score (nSPS) is 10.8. The lowest BCUT2D eigenvalue weighted by Crippen LogP contribution is -1.95. The first-order valence-corrected chi connectivity index (χ1v) is 5.60. The molecule has 1 rings (SSSR count). The highest BCUT2D eigenvalue weighted by Crippen LogP contribution is 2.16. The molecule has 0 heterocycles. The van der Waals surface area contributed by atoms with Crippen LogP contribution in [0.25, 0.3) is 0 Å². The first-order chi connectivity index (χ1) is 6.04. The average Bonchev–Trinajstić information content (AvgIpc) is 2.04. The summed E-state index contributed by atoms with van der Waals surface area (Å²) in [5, 5.41) is 2.37. The molecule has 0 spiro atoms. The van der Waals surface area contributed by atoms with Crippen molar-refractivity contribution in [2.45, 2.75) is 4.90 Å². The fraction of sp³-hybridized carbons (Fsp3) is 0. The topological polar surface area (TPSA) is 63.2 Å². The Morgan fingerprint density at radius 3 is 2.15 bits per heavy atom. The van der Waals surface area contributed by atoms with Crippen LogP contribution < -0.4 is 5.32 Å². The quantitative estimate of drug-likeness (QED) is 0.614. The van der Waals surface area contributed by atoms with E-state index >= 15 is 0 Å². The van der Waals surface area contributed by atoms with E-state index in [-0.39, 0.29) is 4.90 Å². The number of carbonyl (C=O) groups is 1. The Kier molecular flexibility index (Phi) is 2.90. The van der Waals surface area contributed by atoms with E-state index in [1.807, 2.05) is 0 Å². The van der Waals surface area contributed by atoms with Gasteiger partial charge in [0.2, 0.25) is 6.41 Å². The molecule has 0 aromatic heterocycles. The Hall–Kier alpha value is -1.07. The second kappa shape index (κ2) is 3.76. The van der Waals surface area contributed by atoms with E-state index in [1.54, 1.807) is 0 Å². The third-order valence-corrected chi connectivity index (χ3v) is 2.73. The lowest BCUT2D eigenvalue weighted by Gasteiger charge is -1.98. The third kappa shape index (κ3) is 2.71. The molecule has 0 atom stereocenters. The molecule has 1 N–H and O–H groups in total. The van der Waals surface area contributed by atoms with Crippen molar-refractivity contribution in [3.63, 3.8) is 0 Å². The van der Waals surface area contributed by atoms with Crippen molar-refractivity contribution < 1.29 is 13.2 Å². The first kappa shape index (κ1) is 10.0. The molecule has 0 fully saturated rings. The summed E-state index contributed by atoms with van der Waals surface area (Å²) in [4.78, 5) is 10.0. The van der Waals surface area contributed by atoms with Crippen LogP contribution in [0.1, 0.15) is 0 Å². The van der Waals surface area contributed by atoms with Gasteiger partial charge in [-0.05, 0) is 24.3 Å². The highest BCUT2D eigenvalue weighted by Gasteiger charge is 2.08. The number of hydrogen-bond acceptors (Lipinski definition) is 3. The Balaban J connectivity index is 3.01. The largest absolute Gasteiger partial charge is 0.329 e. The third-order valence-electron chi connectivity index (χ3n) is 1.36. The molecule has 1 aromatic carbocycles. The van der Waals surface area contributed by atoms with E-state index in [4.69, 9.17) is 10.7 Å². The maximum atomic E-state index is 10.8. The zero-order chi connectivity index (χ0) is 9.90. The molecular formula is C7H6ClNO3S. The van der Waals surface area contributed by atoms with Crippen LogP contribution in [-0.2, 0) is 13.8 Å². The highest BCUT2D eigenvalue weighted by molar-refractivity contribution is 8.13. The Labute approximate surface area is 79.9 Å². The number of nitrogens with one attached hydrogen (secondary N) is 1. The Bertz CT molecular complexity index is 398. The van der Waals surface area contributed by atoms with Gasteiger partial charge in [-0.25, -0.2) is 8.42 Å². The van der Waals surface area contributed by atoms with Gasteiger partial charge in [0.15, 0.2) is 0 Å². The lowest BCUT2D eigenvalue weighted by molar-refractivity contribution is -0.105. The van der Waals surface area contributed by atoms with Gasteiger partial charge in [0.1, 0.15) is 0 Å². The van der Waals surface area contributed by atoms with E-state index in [0.717, 1.165) is 0 Å². The molecule has 0 aliphatic carbocycles. The lowest BCUT2D eigenvalue weighted by atomic mass is 10.3. The smallest absolute Gasteiger partial charge is 0.261 e. The second-order valence-electron chi connectivity index (χ2n) is 2.22. The molecule has 1 aromatic rings. The maximum Gasteiger partial charge on any atom is 0.261 e. The second-order valence-corrected chi connectivity index (χ2v) is 4.79. The van der Waals surface area contributed by atoms with Crippen LogP contribution in [0, 0.1) is 0 Å². The number of rotatable bonds is 3. The molecule has 0 radical (unpaired) electrons. The average molecular weight is 220 g/mol. The van der Waals surface area contributed by atoms with E-state index in [2.05, 4.69) is 5.32 Å². The summed E-state index contributed by atoms with van der Waals surface area (Å²) in [5.41, 5.74) is 0.513. The van der Waals surface area contributed by atoms with Crippen molar-refractivity contribution in [1.82, 2.24) is 0 Å². The van der Waals surface area contributed by atoms with Gasteiger partial charge in [0.05, 0.1) is 4.90 Å². The molecule has 0 aliphatic rings. The fourth-order valence-corrected chi connectivity index (χ4v) is 1.55. The van der Waals surface area contributed by atoms with Gasteiger partial charge in [0, 0.05) is 16.4 Å². The molecule has 0 bridgehead atoms. The van der Waals surface area contributed by atoms with E-state index in [9.17, 15) is 13.2 Å². The van der Waals surface area contributed by atoms with Crippen LogP contribution in [0.15, 0.2) is 29.2 Å². The van der Waals surface area contributed by atoms with Crippen molar-refractivity contribution in [3.05, 3.63) is 24.3 Å². The minimum Gasteiger partial charge on any atom is -0.329 e.